The molecule has 1 aromatic carbocycles. The average Bonchev–Trinajstić information content (AvgIpc) is 2.80. The molecule has 1 heterocycles. The zero-order chi connectivity index (χ0) is 15.6. The van der Waals surface area contributed by atoms with E-state index in [4.69, 9.17) is 22.5 Å². The van der Waals surface area contributed by atoms with Gasteiger partial charge in [-0.1, -0.05) is 28.9 Å². The summed E-state index contributed by atoms with van der Waals surface area (Å²) in [7, 11) is -1.01. The number of benzene rings is 1. The van der Waals surface area contributed by atoms with Crippen molar-refractivity contribution in [2.24, 2.45) is 10.9 Å². The molecular weight excluding hydrogens is 314 g/mol. The van der Waals surface area contributed by atoms with Gasteiger partial charge in [-0.25, -0.2) is 8.42 Å². The molecule has 0 aromatic heterocycles. The second-order valence-electron chi connectivity index (χ2n) is 5.26. The molecule has 1 aliphatic rings. The van der Waals surface area contributed by atoms with Crippen molar-refractivity contribution < 1.29 is 13.6 Å². The summed E-state index contributed by atoms with van der Waals surface area (Å²) in [5.74, 6) is 0.445. The van der Waals surface area contributed by atoms with Gasteiger partial charge in [-0.2, -0.15) is 0 Å². The Labute approximate surface area is 129 Å². The van der Waals surface area contributed by atoms with Gasteiger partial charge in [0.05, 0.1) is 11.5 Å². The Morgan fingerprint density at radius 1 is 1.57 bits per heavy atom. The van der Waals surface area contributed by atoms with Crippen LogP contribution in [-0.4, -0.2) is 49.0 Å². The summed E-state index contributed by atoms with van der Waals surface area (Å²) in [6.45, 7) is 0.551. The number of hydrogen-bond donors (Lipinski definition) is 2. The van der Waals surface area contributed by atoms with E-state index in [-0.39, 0.29) is 23.4 Å². The first-order valence-corrected chi connectivity index (χ1v) is 8.69. The largest absolute Gasteiger partial charge is 0.409 e. The van der Waals surface area contributed by atoms with Gasteiger partial charge < -0.3 is 10.9 Å². The van der Waals surface area contributed by atoms with Gasteiger partial charge in [0.15, 0.2) is 15.7 Å². The fourth-order valence-corrected chi connectivity index (χ4v) is 4.46. The lowest BCUT2D eigenvalue weighted by Crippen LogP contribution is -2.32. The Morgan fingerprint density at radius 2 is 2.29 bits per heavy atom. The molecule has 1 unspecified atom stereocenters. The Morgan fingerprint density at radius 3 is 2.81 bits per heavy atom. The molecule has 0 radical (unpaired) electrons. The molecule has 1 aliphatic heterocycles. The van der Waals surface area contributed by atoms with E-state index in [0.717, 1.165) is 5.56 Å². The minimum atomic E-state index is -2.90. The van der Waals surface area contributed by atoms with Gasteiger partial charge in [0, 0.05) is 23.2 Å². The zero-order valence-electron chi connectivity index (χ0n) is 11.7. The molecule has 0 spiro atoms. The van der Waals surface area contributed by atoms with Crippen LogP contribution in [0.2, 0.25) is 5.02 Å². The molecule has 8 heteroatoms. The van der Waals surface area contributed by atoms with Crippen molar-refractivity contribution in [2.45, 2.75) is 19.0 Å². The first kappa shape index (κ1) is 16.1. The lowest BCUT2D eigenvalue weighted by molar-refractivity contribution is 0.254. The molecule has 1 aromatic rings. The molecule has 0 amide bonds. The standard InChI is InChI=1S/C13H18ClN3O3S/c1-17(11-4-5-21(19,20)8-11)7-10-3-2-9(6-12(10)14)13(15)16-18/h2-3,6,11,18H,4-5,7-8H2,1H3,(H2,15,16). The highest BCUT2D eigenvalue weighted by Gasteiger charge is 2.30. The lowest BCUT2D eigenvalue weighted by atomic mass is 10.1. The second kappa shape index (κ2) is 6.21. The van der Waals surface area contributed by atoms with Crippen molar-refractivity contribution in [2.75, 3.05) is 18.6 Å². The maximum atomic E-state index is 11.5. The topological polar surface area (TPSA) is 96.0 Å². The van der Waals surface area contributed by atoms with E-state index in [1.807, 2.05) is 11.9 Å². The summed E-state index contributed by atoms with van der Waals surface area (Å²) in [5, 5.41) is 12.1. The van der Waals surface area contributed by atoms with Crippen LogP contribution >= 0.6 is 11.6 Å². The third-order valence-corrected chi connectivity index (χ3v) is 5.81. The monoisotopic (exact) mass is 331 g/mol. The van der Waals surface area contributed by atoms with Crippen molar-refractivity contribution in [3.63, 3.8) is 0 Å². The van der Waals surface area contributed by atoms with Gasteiger partial charge in [0.1, 0.15) is 0 Å². The number of rotatable bonds is 4. The minimum Gasteiger partial charge on any atom is -0.409 e. The fourth-order valence-electron chi connectivity index (χ4n) is 2.41. The molecule has 0 bridgehead atoms. The molecular formula is C13H18ClN3O3S. The summed E-state index contributed by atoms with van der Waals surface area (Å²) in [6, 6.07) is 5.17. The minimum absolute atomic E-state index is 0.00121. The molecule has 6 nitrogen and oxygen atoms in total. The number of hydrogen-bond acceptors (Lipinski definition) is 5. The molecule has 0 saturated carbocycles. The third kappa shape index (κ3) is 3.87. The predicted molar refractivity (Wildman–Crippen MR) is 82.5 cm³/mol. The molecule has 116 valence electrons. The maximum absolute atomic E-state index is 11.5. The number of amidine groups is 1. The lowest BCUT2D eigenvalue weighted by Gasteiger charge is -2.23. The van der Waals surface area contributed by atoms with Crippen LogP contribution in [0.5, 0.6) is 0 Å². The van der Waals surface area contributed by atoms with Crippen LogP contribution in [0.15, 0.2) is 23.4 Å². The fraction of sp³-hybridized carbons (Fsp3) is 0.462. The first-order valence-electron chi connectivity index (χ1n) is 6.49. The molecule has 21 heavy (non-hydrogen) atoms. The van der Waals surface area contributed by atoms with Gasteiger partial charge in [-0.3, -0.25) is 4.90 Å². The van der Waals surface area contributed by atoms with Crippen LogP contribution in [0.25, 0.3) is 0 Å². The molecule has 0 aliphatic carbocycles. The normalized spacial score (nSPS) is 21.9. The second-order valence-corrected chi connectivity index (χ2v) is 7.90. The summed E-state index contributed by atoms with van der Waals surface area (Å²) < 4.78 is 23.0. The van der Waals surface area contributed by atoms with Crippen molar-refractivity contribution in [3.8, 4) is 0 Å². The maximum Gasteiger partial charge on any atom is 0.170 e. The van der Waals surface area contributed by atoms with Crippen LogP contribution < -0.4 is 5.73 Å². The van der Waals surface area contributed by atoms with Crippen LogP contribution in [0.1, 0.15) is 17.5 Å². The summed E-state index contributed by atoms with van der Waals surface area (Å²) >= 11 is 6.20. The highest BCUT2D eigenvalue weighted by atomic mass is 35.5. The summed E-state index contributed by atoms with van der Waals surface area (Å²) in [4.78, 5) is 1.99. The van der Waals surface area contributed by atoms with E-state index < -0.39 is 9.84 Å². The van der Waals surface area contributed by atoms with Crippen molar-refractivity contribution >= 4 is 27.3 Å². The van der Waals surface area contributed by atoms with Gasteiger partial charge in [0.2, 0.25) is 0 Å². The van der Waals surface area contributed by atoms with E-state index in [2.05, 4.69) is 5.16 Å². The predicted octanol–water partition coefficient (Wildman–Crippen LogP) is 1.05. The summed E-state index contributed by atoms with van der Waals surface area (Å²) in [5.41, 5.74) is 6.92. The molecule has 1 atom stereocenters. The van der Waals surface area contributed by atoms with E-state index in [0.29, 0.717) is 23.6 Å². The molecule has 1 fully saturated rings. The highest BCUT2D eigenvalue weighted by Crippen LogP contribution is 2.23. The Kier molecular flexibility index (Phi) is 4.75. The summed E-state index contributed by atoms with van der Waals surface area (Å²) in [6.07, 6.45) is 0.651. The Bertz CT molecular complexity index is 661. The number of nitrogens with zero attached hydrogens (tertiary/aromatic N) is 2. The Balaban J connectivity index is 2.10. The zero-order valence-corrected chi connectivity index (χ0v) is 13.2. The van der Waals surface area contributed by atoms with Crippen LogP contribution in [0, 0.1) is 0 Å². The smallest absolute Gasteiger partial charge is 0.170 e. The SMILES string of the molecule is CN(Cc1ccc(/C(N)=N/O)cc1Cl)C1CCS(=O)(=O)C1. The van der Waals surface area contributed by atoms with Crippen LogP contribution in [-0.2, 0) is 16.4 Å². The average molecular weight is 332 g/mol. The highest BCUT2D eigenvalue weighted by molar-refractivity contribution is 7.91. The first-order chi connectivity index (χ1) is 9.82. The quantitative estimate of drug-likeness (QED) is 0.372. The van der Waals surface area contributed by atoms with E-state index in [9.17, 15) is 8.42 Å². The van der Waals surface area contributed by atoms with Crippen LogP contribution in [0.4, 0.5) is 0 Å². The van der Waals surface area contributed by atoms with E-state index >= 15 is 0 Å². The van der Waals surface area contributed by atoms with Crippen molar-refractivity contribution in [1.29, 1.82) is 0 Å². The van der Waals surface area contributed by atoms with Crippen molar-refractivity contribution in [1.82, 2.24) is 4.90 Å². The van der Waals surface area contributed by atoms with E-state index in [1.54, 1.807) is 18.2 Å². The molecule has 1 saturated heterocycles. The number of nitrogens with two attached hydrogens (primary N) is 1. The number of sulfone groups is 1. The van der Waals surface area contributed by atoms with Gasteiger partial charge in [-0.15, -0.1) is 0 Å². The number of halogens is 1. The van der Waals surface area contributed by atoms with Gasteiger partial charge >= 0.3 is 0 Å². The Hall–Kier alpha value is -1.31. The van der Waals surface area contributed by atoms with Gasteiger partial charge in [-0.05, 0) is 25.1 Å². The molecule has 3 N–H and O–H groups in total. The third-order valence-electron chi connectivity index (χ3n) is 3.71. The van der Waals surface area contributed by atoms with Crippen molar-refractivity contribution in [3.05, 3.63) is 34.3 Å². The van der Waals surface area contributed by atoms with Crippen LogP contribution in [0.3, 0.4) is 0 Å². The van der Waals surface area contributed by atoms with E-state index in [1.165, 1.54) is 0 Å². The molecule has 2 rings (SSSR count). The number of oxime groups is 1. The van der Waals surface area contributed by atoms with Gasteiger partial charge in [0.25, 0.3) is 0 Å².